The second-order valence-electron chi connectivity index (χ2n) is 14.0. The van der Waals surface area contributed by atoms with Gasteiger partial charge in [-0.1, -0.05) is 60.7 Å². The molecule has 4 aromatic rings. The van der Waals surface area contributed by atoms with Crippen LogP contribution in [0.3, 0.4) is 0 Å². The Balaban J connectivity index is 1.12. The van der Waals surface area contributed by atoms with E-state index in [1.54, 1.807) is 9.80 Å². The number of para-hydroxylation sites is 2. The van der Waals surface area contributed by atoms with E-state index in [0.717, 1.165) is 49.7 Å². The largest absolute Gasteiger partial charge is 0.481 e. The van der Waals surface area contributed by atoms with Crippen LogP contribution in [0.2, 0.25) is 0 Å². The quantitative estimate of drug-likeness (QED) is 0.139. The molecule has 0 radical (unpaired) electrons. The molecule has 2 N–H and O–H groups in total. The Hall–Kier alpha value is -5.64. The topological polar surface area (TPSA) is 134 Å². The van der Waals surface area contributed by atoms with Crippen molar-refractivity contribution in [3.05, 3.63) is 120 Å². The van der Waals surface area contributed by atoms with Gasteiger partial charge in [0.1, 0.15) is 23.0 Å². The number of nitrogens with zero attached hydrogens (tertiary/aromatic N) is 2. The maximum absolute atomic E-state index is 14.6. The Morgan fingerprint density at radius 2 is 0.808 bits per heavy atom. The Kier molecular flexibility index (Phi) is 10.2. The number of aliphatic carboxylic acids is 2. The van der Waals surface area contributed by atoms with Crippen LogP contribution in [0, 0.1) is 23.7 Å². The highest BCUT2D eigenvalue weighted by molar-refractivity contribution is 6.00. The number of ether oxygens (including phenoxy) is 2. The third kappa shape index (κ3) is 7.37. The third-order valence-corrected chi connectivity index (χ3v) is 10.8. The summed E-state index contributed by atoms with van der Waals surface area (Å²) in [5.41, 5.74) is 1.64. The molecule has 0 spiro atoms. The minimum absolute atomic E-state index is 0.124. The molecule has 3 aliphatic carbocycles. The van der Waals surface area contributed by atoms with E-state index in [4.69, 9.17) is 9.47 Å². The van der Waals surface area contributed by atoms with E-state index in [9.17, 15) is 29.4 Å². The molecule has 10 nitrogen and oxygen atoms in total. The fourth-order valence-electron chi connectivity index (χ4n) is 7.50. The van der Waals surface area contributed by atoms with Gasteiger partial charge in [-0.05, 0) is 98.2 Å². The molecule has 0 heterocycles. The Morgan fingerprint density at radius 3 is 1.10 bits per heavy atom. The van der Waals surface area contributed by atoms with Crippen LogP contribution in [-0.2, 0) is 32.3 Å². The van der Waals surface area contributed by atoms with E-state index in [0.29, 0.717) is 23.0 Å². The van der Waals surface area contributed by atoms with Gasteiger partial charge in [0.2, 0.25) is 11.8 Å². The lowest BCUT2D eigenvalue weighted by Gasteiger charge is -2.51. The number of carboxylic acid groups (broad SMARTS) is 2. The van der Waals surface area contributed by atoms with E-state index in [-0.39, 0.29) is 25.2 Å². The van der Waals surface area contributed by atoms with Crippen molar-refractivity contribution in [1.29, 1.82) is 0 Å². The van der Waals surface area contributed by atoms with Crippen molar-refractivity contribution >= 4 is 23.8 Å². The van der Waals surface area contributed by atoms with Crippen molar-refractivity contribution in [3.8, 4) is 23.0 Å². The van der Waals surface area contributed by atoms with Crippen LogP contribution in [0.25, 0.3) is 0 Å². The zero-order valence-corrected chi connectivity index (χ0v) is 28.8. The van der Waals surface area contributed by atoms with Gasteiger partial charge < -0.3 is 29.5 Å². The molecule has 0 aliphatic heterocycles. The van der Waals surface area contributed by atoms with Gasteiger partial charge in [0.05, 0.1) is 23.7 Å². The van der Waals surface area contributed by atoms with E-state index in [1.807, 2.05) is 109 Å². The number of rotatable bonds is 14. The zero-order valence-electron chi connectivity index (χ0n) is 28.8. The van der Waals surface area contributed by atoms with Gasteiger partial charge in [-0.2, -0.15) is 0 Å². The summed E-state index contributed by atoms with van der Waals surface area (Å²) in [6.45, 7) is 0.417. The lowest BCUT2D eigenvalue weighted by Crippen LogP contribution is -2.66. The molecule has 7 rings (SSSR count). The van der Waals surface area contributed by atoms with Crippen LogP contribution in [0.5, 0.6) is 23.0 Å². The Morgan fingerprint density at radius 1 is 0.481 bits per heavy atom. The minimum Gasteiger partial charge on any atom is -0.481 e. The average molecular weight is 703 g/mol. The molecular weight excluding hydrogens is 660 g/mol. The standard InChI is InChI=1S/C42H42N2O8/c45-39(43(29-9-7-10-29)25-27-17-21-33(22-18-27)51-31-13-3-1-4-14-31)35-36(38(42(49)50)37(35)41(47)48)40(46)44(30-11-8-12-30)26-28-19-23-34(24-20-28)52-32-15-5-2-6-16-32/h1-6,13-24,29-30,35-38H,7-12,25-26H2,(H,47,48)(H,49,50)/t35-,36-,37-,38-/m0/s1. The highest BCUT2D eigenvalue weighted by atomic mass is 16.5. The van der Waals surface area contributed by atoms with Gasteiger partial charge in [0, 0.05) is 25.2 Å². The summed E-state index contributed by atoms with van der Waals surface area (Å²) >= 11 is 0. The Labute approximate surface area is 302 Å². The van der Waals surface area contributed by atoms with Crippen LogP contribution >= 0.6 is 0 Å². The molecule has 10 heteroatoms. The monoisotopic (exact) mass is 702 g/mol. The number of hydrogen-bond acceptors (Lipinski definition) is 6. The third-order valence-electron chi connectivity index (χ3n) is 10.8. The number of hydrogen-bond donors (Lipinski definition) is 2. The minimum atomic E-state index is -1.51. The lowest BCUT2D eigenvalue weighted by atomic mass is 9.55. The van der Waals surface area contributed by atoms with Crippen LogP contribution in [0.15, 0.2) is 109 Å². The molecule has 0 aromatic heterocycles. The number of amides is 2. The number of benzene rings is 4. The number of carbonyl (C=O) groups excluding carboxylic acids is 2. The first kappa shape index (κ1) is 34.8. The summed E-state index contributed by atoms with van der Waals surface area (Å²) in [6, 6.07) is 33.3. The van der Waals surface area contributed by atoms with Crippen molar-refractivity contribution < 1.29 is 38.9 Å². The SMILES string of the molecule is O=C(O)[C@@H]1[C@@H](C(=O)O)[C@@H](C(=O)N(Cc2ccc(Oc3ccccc3)cc2)C2CCC2)[C@@H]1C(=O)N(Cc1ccc(Oc2ccccc2)cc1)C1CCC1. The smallest absolute Gasteiger partial charge is 0.308 e. The molecule has 4 aromatic carbocycles. The second kappa shape index (κ2) is 15.3. The van der Waals surface area contributed by atoms with Gasteiger partial charge in [0.15, 0.2) is 0 Å². The summed E-state index contributed by atoms with van der Waals surface area (Å²) in [6.07, 6.45) is 4.87. The molecule has 0 saturated heterocycles. The van der Waals surface area contributed by atoms with Gasteiger partial charge in [-0.25, -0.2) is 0 Å². The molecule has 4 atom stereocenters. The maximum Gasteiger partial charge on any atom is 0.308 e. The normalized spacial score (nSPS) is 21.1. The van der Waals surface area contributed by atoms with Gasteiger partial charge in [-0.3, -0.25) is 19.2 Å². The molecule has 2 amide bonds. The number of carbonyl (C=O) groups is 4. The van der Waals surface area contributed by atoms with E-state index in [2.05, 4.69) is 0 Å². The van der Waals surface area contributed by atoms with Crippen LogP contribution in [0.1, 0.15) is 49.7 Å². The van der Waals surface area contributed by atoms with Crippen molar-refractivity contribution in [2.45, 2.75) is 63.7 Å². The molecular formula is C42H42N2O8. The van der Waals surface area contributed by atoms with E-state index in [1.165, 1.54) is 0 Å². The van der Waals surface area contributed by atoms with Crippen molar-refractivity contribution in [2.24, 2.45) is 23.7 Å². The van der Waals surface area contributed by atoms with Crippen LogP contribution < -0.4 is 9.47 Å². The first-order chi connectivity index (χ1) is 25.3. The van der Waals surface area contributed by atoms with Crippen LogP contribution in [0.4, 0.5) is 0 Å². The summed E-state index contributed by atoms with van der Waals surface area (Å²) in [5, 5.41) is 20.6. The molecule has 0 unspecified atom stereocenters. The molecule has 268 valence electrons. The lowest BCUT2D eigenvalue weighted by molar-refractivity contribution is -0.190. The summed E-state index contributed by atoms with van der Waals surface area (Å²) in [7, 11) is 0. The molecule has 0 bridgehead atoms. The molecule has 52 heavy (non-hydrogen) atoms. The first-order valence-corrected chi connectivity index (χ1v) is 18.0. The zero-order chi connectivity index (χ0) is 36.2. The molecule has 3 saturated carbocycles. The highest BCUT2D eigenvalue weighted by Gasteiger charge is 2.65. The maximum atomic E-state index is 14.6. The summed E-state index contributed by atoms with van der Waals surface area (Å²) in [4.78, 5) is 57.7. The fourth-order valence-corrected chi connectivity index (χ4v) is 7.50. The predicted octanol–water partition coefficient (Wildman–Crippen LogP) is 7.38. The van der Waals surface area contributed by atoms with Gasteiger partial charge >= 0.3 is 11.9 Å². The first-order valence-electron chi connectivity index (χ1n) is 18.0. The van der Waals surface area contributed by atoms with Crippen LogP contribution in [-0.4, -0.2) is 55.8 Å². The van der Waals surface area contributed by atoms with Crippen molar-refractivity contribution in [1.82, 2.24) is 9.80 Å². The molecule has 3 aliphatic rings. The van der Waals surface area contributed by atoms with Crippen molar-refractivity contribution in [2.75, 3.05) is 0 Å². The number of carboxylic acids is 2. The summed E-state index contributed by atoms with van der Waals surface area (Å²) in [5.74, 6) is -6.68. The fraction of sp³-hybridized carbons (Fsp3) is 0.333. The Bertz CT molecular complexity index is 1740. The molecule has 3 fully saturated rings. The van der Waals surface area contributed by atoms with E-state index < -0.39 is 47.4 Å². The van der Waals surface area contributed by atoms with Gasteiger partial charge in [0.25, 0.3) is 0 Å². The average Bonchev–Trinajstić information content (AvgIpc) is 3.08. The van der Waals surface area contributed by atoms with Gasteiger partial charge in [-0.15, -0.1) is 0 Å². The second-order valence-corrected chi connectivity index (χ2v) is 14.0. The summed E-state index contributed by atoms with van der Waals surface area (Å²) < 4.78 is 11.8. The highest BCUT2D eigenvalue weighted by Crippen LogP contribution is 2.50. The van der Waals surface area contributed by atoms with Crippen molar-refractivity contribution in [3.63, 3.8) is 0 Å². The van der Waals surface area contributed by atoms with E-state index >= 15 is 0 Å². The predicted molar refractivity (Wildman–Crippen MR) is 192 cm³/mol.